The predicted octanol–water partition coefficient (Wildman–Crippen LogP) is 2.24. The third-order valence-corrected chi connectivity index (χ3v) is 3.68. The molecule has 0 spiro atoms. The van der Waals surface area contributed by atoms with E-state index in [-0.39, 0.29) is 18.4 Å². The molecule has 0 saturated carbocycles. The molecule has 2 N–H and O–H groups in total. The van der Waals surface area contributed by atoms with E-state index in [1.165, 1.54) is 0 Å². The number of rotatable bonds is 7. The lowest BCUT2D eigenvalue weighted by Crippen LogP contribution is -2.49. The summed E-state index contributed by atoms with van der Waals surface area (Å²) in [5, 5.41) is 21.4. The molecule has 1 amide bonds. The summed E-state index contributed by atoms with van der Waals surface area (Å²) in [6.07, 6.45) is 0.280. The molecule has 0 radical (unpaired) electrons. The molecule has 0 fully saturated rings. The fourth-order valence-corrected chi connectivity index (χ4v) is 1.82. The van der Waals surface area contributed by atoms with Crippen LogP contribution in [-0.2, 0) is 4.79 Å². The van der Waals surface area contributed by atoms with Crippen LogP contribution in [0.2, 0.25) is 0 Å². The summed E-state index contributed by atoms with van der Waals surface area (Å²) in [4.78, 5) is 12.2. The molecule has 1 aromatic rings. The van der Waals surface area contributed by atoms with Crippen LogP contribution >= 0.6 is 0 Å². The summed E-state index contributed by atoms with van der Waals surface area (Å²) in [6, 6.07) is 8.60. The van der Waals surface area contributed by atoms with Gasteiger partial charge in [0.1, 0.15) is 5.75 Å². The normalized spacial score (nSPS) is 13.8. The molecule has 2 unspecified atom stereocenters. The number of hydrogen-bond acceptors (Lipinski definition) is 4. The standard InChI is InChI=1S/C17H24N2O3/c1-5-12(2)15(20)11-19-16(21)17(3,4)22-14-8-6-13(10-18)7-9-14/h6-9,12,15,20H,5,11H2,1-4H3,(H,19,21). The zero-order valence-electron chi connectivity index (χ0n) is 13.6. The fourth-order valence-electron chi connectivity index (χ4n) is 1.82. The summed E-state index contributed by atoms with van der Waals surface area (Å²) >= 11 is 0. The maximum atomic E-state index is 12.2. The van der Waals surface area contributed by atoms with Crippen LogP contribution in [0.3, 0.4) is 0 Å². The minimum Gasteiger partial charge on any atom is -0.478 e. The van der Waals surface area contributed by atoms with Crippen LogP contribution in [-0.4, -0.2) is 29.3 Å². The van der Waals surface area contributed by atoms with Crippen molar-refractivity contribution in [2.24, 2.45) is 5.92 Å². The quantitative estimate of drug-likeness (QED) is 0.809. The van der Waals surface area contributed by atoms with Crippen molar-refractivity contribution in [2.45, 2.75) is 45.8 Å². The highest BCUT2D eigenvalue weighted by Crippen LogP contribution is 2.19. The van der Waals surface area contributed by atoms with Crippen molar-refractivity contribution in [1.29, 1.82) is 5.26 Å². The Morgan fingerprint density at radius 1 is 1.41 bits per heavy atom. The molecular formula is C17H24N2O3. The minimum absolute atomic E-state index is 0.128. The van der Waals surface area contributed by atoms with E-state index in [0.717, 1.165) is 6.42 Å². The van der Waals surface area contributed by atoms with Gasteiger partial charge >= 0.3 is 0 Å². The molecule has 0 bridgehead atoms. The van der Waals surface area contributed by atoms with Crippen LogP contribution < -0.4 is 10.1 Å². The molecule has 0 aromatic heterocycles. The van der Waals surface area contributed by atoms with Gasteiger partial charge in [-0.3, -0.25) is 4.79 Å². The lowest BCUT2D eigenvalue weighted by Gasteiger charge is -2.26. The van der Waals surface area contributed by atoms with E-state index in [2.05, 4.69) is 5.32 Å². The topological polar surface area (TPSA) is 82.3 Å². The van der Waals surface area contributed by atoms with Gasteiger partial charge < -0.3 is 15.2 Å². The minimum atomic E-state index is -1.07. The van der Waals surface area contributed by atoms with E-state index >= 15 is 0 Å². The molecule has 1 aromatic carbocycles. The maximum Gasteiger partial charge on any atom is 0.263 e. The highest BCUT2D eigenvalue weighted by Gasteiger charge is 2.30. The molecule has 0 heterocycles. The van der Waals surface area contributed by atoms with E-state index in [0.29, 0.717) is 11.3 Å². The first-order valence-electron chi connectivity index (χ1n) is 7.45. The van der Waals surface area contributed by atoms with Crippen molar-refractivity contribution in [3.63, 3.8) is 0 Å². The second-order valence-electron chi connectivity index (χ2n) is 5.91. The number of ether oxygens (including phenoxy) is 1. The molecule has 5 heteroatoms. The van der Waals surface area contributed by atoms with E-state index in [4.69, 9.17) is 10.00 Å². The van der Waals surface area contributed by atoms with Gasteiger partial charge in [0.05, 0.1) is 17.7 Å². The number of amides is 1. The third-order valence-electron chi connectivity index (χ3n) is 3.68. The number of carbonyl (C=O) groups excluding carboxylic acids is 1. The molecule has 1 rings (SSSR count). The molecule has 120 valence electrons. The first-order valence-corrected chi connectivity index (χ1v) is 7.45. The number of aliphatic hydroxyl groups excluding tert-OH is 1. The van der Waals surface area contributed by atoms with Crippen LogP contribution in [0, 0.1) is 17.2 Å². The van der Waals surface area contributed by atoms with Gasteiger partial charge in [-0.05, 0) is 44.0 Å². The third kappa shape index (κ3) is 5.05. The molecule has 0 saturated heterocycles. The fraction of sp³-hybridized carbons (Fsp3) is 0.529. The first-order chi connectivity index (χ1) is 10.3. The summed E-state index contributed by atoms with van der Waals surface area (Å²) in [6.45, 7) is 7.46. The van der Waals surface area contributed by atoms with Crippen molar-refractivity contribution in [1.82, 2.24) is 5.32 Å². The van der Waals surface area contributed by atoms with Gasteiger partial charge in [-0.25, -0.2) is 0 Å². The average molecular weight is 304 g/mol. The lowest BCUT2D eigenvalue weighted by atomic mass is 10.0. The van der Waals surface area contributed by atoms with Gasteiger partial charge in [0, 0.05) is 6.54 Å². The van der Waals surface area contributed by atoms with Crippen LogP contribution in [0.4, 0.5) is 0 Å². The Kier molecular flexibility index (Phi) is 6.39. The van der Waals surface area contributed by atoms with Gasteiger partial charge in [-0.1, -0.05) is 20.3 Å². The molecule has 0 aliphatic rings. The molecular weight excluding hydrogens is 280 g/mol. The van der Waals surface area contributed by atoms with Gasteiger partial charge in [0.25, 0.3) is 5.91 Å². The van der Waals surface area contributed by atoms with Crippen molar-refractivity contribution in [3.05, 3.63) is 29.8 Å². The summed E-state index contributed by atoms with van der Waals surface area (Å²) in [5.74, 6) is 0.351. The van der Waals surface area contributed by atoms with Crippen LogP contribution in [0.15, 0.2) is 24.3 Å². The van der Waals surface area contributed by atoms with Crippen molar-refractivity contribution in [3.8, 4) is 11.8 Å². The Hall–Kier alpha value is -2.06. The largest absolute Gasteiger partial charge is 0.478 e. The predicted molar refractivity (Wildman–Crippen MR) is 84.3 cm³/mol. The molecule has 5 nitrogen and oxygen atoms in total. The Morgan fingerprint density at radius 2 is 2.00 bits per heavy atom. The maximum absolute atomic E-state index is 12.2. The monoisotopic (exact) mass is 304 g/mol. The summed E-state index contributed by atoms with van der Waals surface area (Å²) < 4.78 is 5.68. The second kappa shape index (κ2) is 7.81. The highest BCUT2D eigenvalue weighted by atomic mass is 16.5. The van der Waals surface area contributed by atoms with Crippen LogP contribution in [0.5, 0.6) is 5.75 Å². The van der Waals surface area contributed by atoms with Gasteiger partial charge in [-0.2, -0.15) is 5.26 Å². The number of benzene rings is 1. The highest BCUT2D eigenvalue weighted by molar-refractivity contribution is 5.84. The van der Waals surface area contributed by atoms with Crippen molar-refractivity contribution >= 4 is 5.91 Å². The number of carbonyl (C=O) groups is 1. The van der Waals surface area contributed by atoms with Crippen molar-refractivity contribution < 1.29 is 14.6 Å². The van der Waals surface area contributed by atoms with E-state index in [1.807, 2.05) is 19.9 Å². The molecule has 2 atom stereocenters. The number of nitrogens with zero attached hydrogens (tertiary/aromatic N) is 1. The van der Waals surface area contributed by atoms with Gasteiger partial charge in [0.2, 0.25) is 0 Å². The summed E-state index contributed by atoms with van der Waals surface area (Å²) in [5.41, 5.74) is -0.533. The molecule has 0 aliphatic carbocycles. The van der Waals surface area contributed by atoms with Crippen LogP contribution in [0.1, 0.15) is 39.7 Å². The van der Waals surface area contributed by atoms with E-state index < -0.39 is 11.7 Å². The number of nitrogens with one attached hydrogen (secondary N) is 1. The molecule has 0 aliphatic heterocycles. The van der Waals surface area contributed by atoms with E-state index in [1.54, 1.807) is 38.1 Å². The first kappa shape index (κ1) is 18.0. The zero-order valence-corrected chi connectivity index (χ0v) is 13.6. The smallest absolute Gasteiger partial charge is 0.263 e. The number of aliphatic hydroxyl groups is 1. The van der Waals surface area contributed by atoms with Gasteiger partial charge in [-0.15, -0.1) is 0 Å². The number of nitriles is 1. The van der Waals surface area contributed by atoms with E-state index in [9.17, 15) is 9.90 Å². The van der Waals surface area contributed by atoms with Crippen LogP contribution in [0.25, 0.3) is 0 Å². The second-order valence-corrected chi connectivity index (χ2v) is 5.91. The SMILES string of the molecule is CCC(C)C(O)CNC(=O)C(C)(C)Oc1ccc(C#N)cc1. The summed E-state index contributed by atoms with van der Waals surface area (Å²) in [7, 11) is 0. The Labute approximate surface area is 131 Å². The Bertz CT molecular complexity index is 532. The molecule has 22 heavy (non-hydrogen) atoms. The van der Waals surface area contributed by atoms with Gasteiger partial charge in [0.15, 0.2) is 5.60 Å². The Balaban J connectivity index is 2.60. The Morgan fingerprint density at radius 3 is 2.50 bits per heavy atom. The van der Waals surface area contributed by atoms with Crippen molar-refractivity contribution in [2.75, 3.05) is 6.54 Å². The lowest BCUT2D eigenvalue weighted by molar-refractivity contribution is -0.134. The number of hydrogen-bond donors (Lipinski definition) is 2. The average Bonchev–Trinajstić information content (AvgIpc) is 2.51. The zero-order chi connectivity index (χ0) is 16.8.